The Morgan fingerprint density at radius 2 is 1.63 bits per heavy atom. The second kappa shape index (κ2) is 19.9. The van der Waals surface area contributed by atoms with E-state index in [1.165, 1.54) is 10.9 Å². The number of aryl methyl sites for hydroxylation is 1. The van der Waals surface area contributed by atoms with Crippen molar-refractivity contribution in [1.82, 2.24) is 19.7 Å². The highest BCUT2D eigenvalue weighted by atomic mass is 35.5. The van der Waals surface area contributed by atoms with E-state index in [0.717, 1.165) is 11.1 Å². The summed E-state index contributed by atoms with van der Waals surface area (Å²) in [7, 11) is -9.65. The smallest absolute Gasteiger partial charge is 0.340 e. The Morgan fingerprint density at radius 3 is 2.27 bits per heavy atom. The monoisotopic (exact) mass is 811 g/mol. The van der Waals surface area contributed by atoms with Gasteiger partial charge in [0.25, 0.3) is 0 Å². The first-order chi connectivity index (χ1) is 24.7. The average Bonchev–Trinajstić information content (AvgIpc) is 3.60. The maximum atomic E-state index is 12.1. The van der Waals surface area contributed by atoms with Crippen LogP contribution in [0.3, 0.4) is 0 Å². The molecule has 5 N–H and O–H groups in total. The Bertz CT molecular complexity index is 1760. The maximum absolute atomic E-state index is 12.1. The Kier molecular flexibility index (Phi) is 16.2. The summed E-state index contributed by atoms with van der Waals surface area (Å²) >= 11 is 13.0. The predicted molar refractivity (Wildman–Crippen MR) is 188 cm³/mol. The van der Waals surface area contributed by atoms with Gasteiger partial charge in [0.15, 0.2) is 17.8 Å². The molecular formula is C30H41Cl2N5O13P2. The largest absolute Gasteiger partial charge is 0.387 e. The number of anilines is 1. The zero-order valence-corrected chi connectivity index (χ0v) is 31.4. The van der Waals surface area contributed by atoms with Gasteiger partial charge >= 0.3 is 15.2 Å². The number of nitrogens with zero attached hydrogens (tertiary/aromatic N) is 5. The summed E-state index contributed by atoms with van der Waals surface area (Å²) in [5, 5.41) is 26.6. The van der Waals surface area contributed by atoms with Crippen LogP contribution in [-0.2, 0) is 43.9 Å². The SMILES string of the molecule is C#CCOCCOCCOCCOCCN(Cc1ccc(C)cc1Cl)c1nc(Cl)nc2c1cnn2[C@@H]1O[C@H](COP(=O)(O)CP(=O)(O)O)[C@@H](O)[C@H]1O. The van der Waals surface area contributed by atoms with Crippen molar-refractivity contribution in [2.75, 3.05) is 76.8 Å². The molecule has 1 unspecified atom stereocenters. The fourth-order valence-electron chi connectivity index (χ4n) is 5.06. The van der Waals surface area contributed by atoms with Crippen LogP contribution >= 0.6 is 38.4 Å². The van der Waals surface area contributed by atoms with Crippen LogP contribution in [0.4, 0.5) is 5.82 Å². The quantitative estimate of drug-likeness (QED) is 0.0423. The highest BCUT2D eigenvalue weighted by molar-refractivity contribution is 7.70. The van der Waals surface area contributed by atoms with Crippen molar-refractivity contribution in [2.45, 2.75) is 38.0 Å². The molecule has 3 aromatic rings. The Morgan fingerprint density at radius 1 is 0.981 bits per heavy atom. The molecule has 0 spiro atoms. The van der Waals surface area contributed by atoms with Crippen molar-refractivity contribution >= 4 is 55.2 Å². The third kappa shape index (κ3) is 12.7. The number of fused-ring (bicyclic) bond motifs is 1. The van der Waals surface area contributed by atoms with Gasteiger partial charge in [-0.1, -0.05) is 29.7 Å². The van der Waals surface area contributed by atoms with Gasteiger partial charge in [-0.05, 0) is 35.7 Å². The number of ether oxygens (including phenoxy) is 5. The van der Waals surface area contributed by atoms with Gasteiger partial charge < -0.3 is 58.0 Å². The van der Waals surface area contributed by atoms with Gasteiger partial charge in [-0.15, -0.1) is 6.42 Å². The van der Waals surface area contributed by atoms with Crippen LogP contribution in [0.15, 0.2) is 24.4 Å². The Balaban J connectivity index is 1.45. The molecule has 2 aromatic heterocycles. The number of aromatic nitrogens is 4. The van der Waals surface area contributed by atoms with Gasteiger partial charge in [0.2, 0.25) is 5.28 Å². The first kappa shape index (κ1) is 42.5. The third-order valence-electron chi connectivity index (χ3n) is 7.46. The minimum Gasteiger partial charge on any atom is -0.387 e. The number of hydrogen-bond donors (Lipinski definition) is 5. The van der Waals surface area contributed by atoms with Gasteiger partial charge in [0.1, 0.15) is 30.7 Å². The summed E-state index contributed by atoms with van der Waals surface area (Å²) in [4.78, 5) is 38.6. The lowest BCUT2D eigenvalue weighted by Crippen LogP contribution is -2.33. The third-order valence-corrected chi connectivity index (χ3v) is 11.4. The summed E-state index contributed by atoms with van der Waals surface area (Å²) in [6, 6.07) is 5.65. The molecule has 22 heteroatoms. The highest BCUT2D eigenvalue weighted by Crippen LogP contribution is 2.55. The van der Waals surface area contributed by atoms with Crippen molar-refractivity contribution in [1.29, 1.82) is 0 Å². The Hall–Kier alpha value is -2.27. The molecule has 3 heterocycles. The van der Waals surface area contributed by atoms with Crippen molar-refractivity contribution in [3.8, 4) is 12.3 Å². The summed E-state index contributed by atoms with van der Waals surface area (Å²) in [5.74, 6) is 1.30. The molecule has 0 saturated carbocycles. The molecule has 0 aliphatic carbocycles. The molecule has 1 aliphatic heterocycles. The van der Waals surface area contributed by atoms with Crippen LogP contribution in [0.5, 0.6) is 0 Å². The standard InChI is InChI=1S/C30H41Cl2N5O13P2/c1-3-7-45-9-11-47-13-14-48-12-10-46-8-6-36(17-21-5-4-20(2)15-23(21)31)27-22-16-33-37(28(22)35-30(32)34-27)29-26(39)25(38)24(50-29)18-49-52(43,44)19-51(40,41)42/h1,4-5,15-16,24-26,29,38-39H,6-14,17-19H2,2H3,(H,43,44)(H2,40,41,42)/t24-,25-,26-,29-/m1/s1. The second-order valence-corrected chi connectivity index (χ2v) is 16.3. The zero-order valence-electron chi connectivity index (χ0n) is 28.1. The van der Waals surface area contributed by atoms with E-state index in [1.807, 2.05) is 30.0 Å². The van der Waals surface area contributed by atoms with E-state index in [9.17, 15) is 24.2 Å². The van der Waals surface area contributed by atoms with Crippen molar-refractivity contribution in [3.05, 3.63) is 45.8 Å². The molecule has 0 radical (unpaired) electrons. The van der Waals surface area contributed by atoms with Gasteiger partial charge in [-0.2, -0.15) is 15.1 Å². The maximum Gasteiger partial charge on any atom is 0.340 e. The molecule has 18 nitrogen and oxygen atoms in total. The van der Waals surface area contributed by atoms with Crippen LogP contribution in [-0.4, -0.2) is 135 Å². The van der Waals surface area contributed by atoms with E-state index < -0.39 is 52.2 Å². The fourth-order valence-corrected chi connectivity index (χ4v) is 8.08. The van der Waals surface area contributed by atoms with E-state index in [1.54, 1.807) is 0 Å². The number of terminal acetylenes is 1. The minimum atomic E-state index is -4.89. The zero-order chi connectivity index (χ0) is 37.9. The lowest BCUT2D eigenvalue weighted by molar-refractivity contribution is -0.0541. The molecule has 1 aromatic carbocycles. The first-order valence-corrected chi connectivity index (χ1v) is 20.2. The van der Waals surface area contributed by atoms with E-state index in [2.05, 4.69) is 21.0 Å². The average molecular weight is 813 g/mol. The van der Waals surface area contributed by atoms with Gasteiger partial charge in [-0.3, -0.25) is 9.13 Å². The van der Waals surface area contributed by atoms with Crippen molar-refractivity contribution in [2.24, 2.45) is 0 Å². The summed E-state index contributed by atoms with van der Waals surface area (Å²) < 4.78 is 57.0. The topological polar surface area (TPSA) is 238 Å². The first-order valence-electron chi connectivity index (χ1n) is 15.9. The van der Waals surface area contributed by atoms with Crippen LogP contribution in [0.25, 0.3) is 11.0 Å². The van der Waals surface area contributed by atoms with Crippen molar-refractivity contribution < 1.29 is 62.2 Å². The molecule has 1 fully saturated rings. The van der Waals surface area contributed by atoms with Crippen molar-refractivity contribution in [3.63, 3.8) is 0 Å². The second-order valence-electron chi connectivity index (χ2n) is 11.5. The molecule has 1 aliphatic rings. The minimum absolute atomic E-state index is 0.126. The van der Waals surface area contributed by atoms with Gasteiger partial charge in [-0.25, -0.2) is 4.68 Å². The fraction of sp³-hybridized carbons (Fsp3) is 0.567. The van der Waals surface area contributed by atoms with E-state index in [4.69, 9.17) is 67.6 Å². The molecule has 4 rings (SSSR count). The summed E-state index contributed by atoms with van der Waals surface area (Å²) in [5.41, 5.74) is 1.89. The van der Waals surface area contributed by atoms with Crippen LogP contribution in [0.1, 0.15) is 17.4 Å². The van der Waals surface area contributed by atoms with Gasteiger partial charge in [0, 0.05) is 18.1 Å². The lowest BCUT2D eigenvalue weighted by atomic mass is 10.1. The number of aliphatic hydroxyl groups is 2. The van der Waals surface area contributed by atoms with E-state index in [-0.39, 0.29) is 30.7 Å². The molecule has 1 saturated heterocycles. The number of benzene rings is 1. The molecular weight excluding hydrogens is 771 g/mol. The number of halogens is 2. The molecule has 0 bridgehead atoms. The molecule has 288 valence electrons. The van der Waals surface area contributed by atoms with E-state index in [0.29, 0.717) is 62.4 Å². The molecule has 52 heavy (non-hydrogen) atoms. The normalized spacial score (nSPS) is 20.3. The van der Waals surface area contributed by atoms with E-state index >= 15 is 0 Å². The lowest BCUT2D eigenvalue weighted by Gasteiger charge is -2.25. The summed E-state index contributed by atoms with van der Waals surface area (Å²) in [6.07, 6.45) is 0.556. The van der Waals surface area contributed by atoms with Crippen LogP contribution < -0.4 is 4.90 Å². The number of rotatable bonds is 22. The summed E-state index contributed by atoms with van der Waals surface area (Å²) in [6.45, 7) is 4.45. The van der Waals surface area contributed by atoms with Gasteiger partial charge in [0.05, 0.1) is 64.4 Å². The highest BCUT2D eigenvalue weighted by Gasteiger charge is 2.46. The van der Waals surface area contributed by atoms with Crippen LogP contribution in [0.2, 0.25) is 10.3 Å². The van der Waals surface area contributed by atoms with Crippen LogP contribution in [0, 0.1) is 19.3 Å². The predicted octanol–water partition coefficient (Wildman–Crippen LogP) is 2.10. The molecule has 5 atom stereocenters. The Labute approximate surface area is 309 Å². The molecule has 0 amide bonds. The number of aliphatic hydroxyl groups excluding tert-OH is 2. The number of hydrogen-bond acceptors (Lipinski definition) is 14.